The zero-order valence-corrected chi connectivity index (χ0v) is 15.6. The average molecular weight is 383 g/mol. The molecule has 138 valence electrons. The Kier molecular flexibility index (Phi) is 4.85. The van der Waals surface area contributed by atoms with Gasteiger partial charge in [0.1, 0.15) is 5.82 Å². The number of benzene rings is 2. The zero-order valence-electron chi connectivity index (χ0n) is 14.7. The lowest BCUT2D eigenvalue weighted by Crippen LogP contribution is -2.22. The van der Waals surface area contributed by atoms with Gasteiger partial charge in [0.05, 0.1) is 11.4 Å². The Bertz CT molecular complexity index is 1000. The van der Waals surface area contributed by atoms with Crippen molar-refractivity contribution >= 4 is 23.5 Å². The highest BCUT2D eigenvalue weighted by molar-refractivity contribution is 7.98. The van der Waals surface area contributed by atoms with Crippen LogP contribution in [0.1, 0.15) is 16.8 Å². The minimum absolute atomic E-state index is 0.0561. The highest BCUT2D eigenvalue weighted by Gasteiger charge is 2.25. The van der Waals surface area contributed by atoms with Gasteiger partial charge in [-0.1, -0.05) is 24.3 Å². The summed E-state index contributed by atoms with van der Waals surface area (Å²) in [5.74, 6) is 1.48. The number of carbonyl (C=O) groups is 1. The van der Waals surface area contributed by atoms with Gasteiger partial charge < -0.3 is 10.1 Å². The van der Waals surface area contributed by atoms with Crippen LogP contribution in [0.3, 0.4) is 0 Å². The number of para-hydroxylation sites is 1. The number of hydrogen-bond donors (Lipinski definition) is 1. The summed E-state index contributed by atoms with van der Waals surface area (Å²) in [6.45, 7) is 1.74. The molecule has 0 bridgehead atoms. The van der Waals surface area contributed by atoms with E-state index >= 15 is 0 Å². The van der Waals surface area contributed by atoms with Gasteiger partial charge in [0.25, 0.3) is 5.91 Å². The molecule has 0 radical (unpaired) electrons. The van der Waals surface area contributed by atoms with Crippen LogP contribution in [0.5, 0.6) is 5.75 Å². The number of carbonyl (C=O) groups excluding carboxylic acids is 1. The number of halogens is 1. The molecule has 0 unspecified atom stereocenters. The normalized spacial score (nSPS) is 12.7. The van der Waals surface area contributed by atoms with E-state index in [1.54, 1.807) is 28.6 Å². The van der Waals surface area contributed by atoms with Gasteiger partial charge in [-0.3, -0.25) is 4.79 Å². The highest BCUT2D eigenvalue weighted by Crippen LogP contribution is 2.36. The average Bonchev–Trinajstić information content (AvgIpc) is 3.24. The van der Waals surface area contributed by atoms with Crippen LogP contribution in [-0.2, 0) is 16.3 Å². The summed E-state index contributed by atoms with van der Waals surface area (Å²) in [7, 11) is 0. The minimum Gasteiger partial charge on any atom is -0.481 e. The number of aromatic nitrogens is 2. The fourth-order valence-electron chi connectivity index (χ4n) is 2.96. The van der Waals surface area contributed by atoms with E-state index in [1.807, 2.05) is 31.2 Å². The maximum atomic E-state index is 13.6. The largest absolute Gasteiger partial charge is 0.481 e. The van der Waals surface area contributed by atoms with Crippen LogP contribution in [0.15, 0.2) is 48.5 Å². The van der Waals surface area contributed by atoms with E-state index in [2.05, 4.69) is 10.4 Å². The second-order valence-corrected chi connectivity index (χ2v) is 7.27. The van der Waals surface area contributed by atoms with Gasteiger partial charge in [-0.05, 0) is 36.8 Å². The van der Waals surface area contributed by atoms with Crippen molar-refractivity contribution in [3.05, 3.63) is 71.2 Å². The highest BCUT2D eigenvalue weighted by atomic mass is 32.2. The number of rotatable bonds is 5. The molecular weight excluding hydrogens is 365 g/mol. The molecule has 0 saturated heterocycles. The van der Waals surface area contributed by atoms with Crippen molar-refractivity contribution in [3.63, 3.8) is 0 Å². The zero-order chi connectivity index (χ0) is 18.8. The molecule has 2 aromatic carbocycles. The predicted molar refractivity (Wildman–Crippen MR) is 104 cm³/mol. The molecule has 1 aliphatic heterocycles. The maximum Gasteiger partial charge on any atom is 0.263 e. The quantitative estimate of drug-likeness (QED) is 0.721. The molecule has 1 amide bonds. The first-order chi connectivity index (χ1) is 13.1. The number of anilines is 1. The molecule has 27 heavy (non-hydrogen) atoms. The van der Waals surface area contributed by atoms with E-state index in [0.717, 1.165) is 34.0 Å². The maximum absolute atomic E-state index is 13.6. The summed E-state index contributed by atoms with van der Waals surface area (Å²) in [5, 5.41) is 7.57. The number of nitrogens with one attached hydrogen (secondary N) is 1. The summed E-state index contributed by atoms with van der Waals surface area (Å²) in [6.07, 6.45) is 0. The summed E-state index contributed by atoms with van der Waals surface area (Å²) in [6, 6.07) is 14.0. The molecule has 0 spiro atoms. The first-order valence-corrected chi connectivity index (χ1v) is 9.70. The van der Waals surface area contributed by atoms with Crippen LogP contribution in [0.4, 0.5) is 10.2 Å². The number of nitrogens with zero attached hydrogens (tertiary/aromatic N) is 2. The van der Waals surface area contributed by atoms with Crippen molar-refractivity contribution < 1.29 is 13.9 Å². The fourth-order valence-corrected chi connectivity index (χ4v) is 4.00. The second kappa shape index (κ2) is 7.44. The van der Waals surface area contributed by atoms with Gasteiger partial charge in [0.2, 0.25) is 0 Å². The molecule has 0 saturated carbocycles. The minimum atomic E-state index is -0.493. The van der Waals surface area contributed by atoms with Gasteiger partial charge >= 0.3 is 0 Å². The summed E-state index contributed by atoms with van der Waals surface area (Å²) in [4.78, 5) is 12.4. The van der Waals surface area contributed by atoms with Crippen molar-refractivity contribution in [1.82, 2.24) is 9.78 Å². The van der Waals surface area contributed by atoms with Crippen molar-refractivity contribution in [2.75, 3.05) is 11.9 Å². The number of hydrogen-bond acceptors (Lipinski definition) is 4. The number of amides is 1. The molecule has 0 fully saturated rings. The predicted octanol–water partition coefficient (Wildman–Crippen LogP) is 4.08. The van der Waals surface area contributed by atoms with E-state index < -0.39 is 5.82 Å². The molecule has 4 rings (SSSR count). The third-order valence-corrected chi connectivity index (χ3v) is 5.22. The molecule has 1 aromatic heterocycles. The van der Waals surface area contributed by atoms with Crippen LogP contribution < -0.4 is 10.1 Å². The van der Waals surface area contributed by atoms with Crippen LogP contribution in [0.2, 0.25) is 0 Å². The van der Waals surface area contributed by atoms with Crippen molar-refractivity contribution in [3.8, 4) is 11.4 Å². The Morgan fingerprint density at radius 3 is 2.93 bits per heavy atom. The van der Waals surface area contributed by atoms with Crippen LogP contribution in [0.25, 0.3) is 5.69 Å². The topological polar surface area (TPSA) is 56.2 Å². The summed E-state index contributed by atoms with van der Waals surface area (Å²) >= 11 is 1.76. The molecule has 3 aromatic rings. The van der Waals surface area contributed by atoms with Gasteiger partial charge in [-0.2, -0.15) is 16.9 Å². The molecule has 7 heteroatoms. The van der Waals surface area contributed by atoms with E-state index in [4.69, 9.17) is 4.74 Å². The Morgan fingerprint density at radius 2 is 2.11 bits per heavy atom. The van der Waals surface area contributed by atoms with Crippen molar-refractivity contribution in [2.24, 2.45) is 0 Å². The Morgan fingerprint density at radius 1 is 1.26 bits per heavy atom. The van der Waals surface area contributed by atoms with Crippen LogP contribution in [-0.4, -0.2) is 22.3 Å². The third-order valence-electron chi connectivity index (χ3n) is 4.25. The molecule has 0 aliphatic carbocycles. The first-order valence-electron chi connectivity index (χ1n) is 8.54. The number of ether oxygens (including phenoxy) is 1. The monoisotopic (exact) mass is 383 g/mol. The lowest BCUT2D eigenvalue weighted by atomic mass is 10.2. The summed E-state index contributed by atoms with van der Waals surface area (Å²) in [5.41, 5.74) is 4.00. The SMILES string of the molecule is Cc1cccc(-n2nc3c(c2NC(=O)COc2ccccc2F)CSC3)c1. The van der Waals surface area contributed by atoms with Gasteiger partial charge in [-0.15, -0.1) is 0 Å². The van der Waals surface area contributed by atoms with E-state index in [0.29, 0.717) is 5.82 Å². The Labute approximate surface area is 160 Å². The fraction of sp³-hybridized carbons (Fsp3) is 0.200. The van der Waals surface area contributed by atoms with E-state index in [-0.39, 0.29) is 18.3 Å². The molecule has 2 heterocycles. The summed E-state index contributed by atoms with van der Waals surface area (Å²) < 4.78 is 20.7. The molecule has 1 aliphatic rings. The second-order valence-electron chi connectivity index (χ2n) is 6.28. The van der Waals surface area contributed by atoms with Gasteiger partial charge in [-0.25, -0.2) is 9.07 Å². The Balaban J connectivity index is 1.56. The first kappa shape index (κ1) is 17.6. The van der Waals surface area contributed by atoms with Crippen molar-refractivity contribution in [1.29, 1.82) is 0 Å². The van der Waals surface area contributed by atoms with Gasteiger partial charge in [0, 0.05) is 17.1 Å². The lowest BCUT2D eigenvalue weighted by molar-refractivity contribution is -0.118. The van der Waals surface area contributed by atoms with Crippen molar-refractivity contribution in [2.45, 2.75) is 18.4 Å². The van der Waals surface area contributed by atoms with E-state index in [9.17, 15) is 9.18 Å². The van der Waals surface area contributed by atoms with Gasteiger partial charge in [0.15, 0.2) is 18.2 Å². The van der Waals surface area contributed by atoms with Crippen LogP contribution >= 0.6 is 11.8 Å². The Hall–Kier alpha value is -2.80. The van der Waals surface area contributed by atoms with E-state index in [1.165, 1.54) is 12.1 Å². The molecular formula is C20H18FN3O2S. The number of thioether (sulfide) groups is 1. The smallest absolute Gasteiger partial charge is 0.263 e. The standard InChI is InChI=1S/C20H18FN3O2S/c1-13-5-4-6-14(9-13)24-20(15-11-27-12-17(15)23-24)22-19(25)10-26-18-8-3-2-7-16(18)21/h2-9H,10-12H2,1H3,(H,22,25). The number of aryl methyl sites for hydroxylation is 1. The van der Waals surface area contributed by atoms with Crippen LogP contribution in [0, 0.1) is 12.7 Å². The molecule has 1 N–H and O–H groups in total. The molecule has 0 atom stereocenters. The number of fused-ring (bicyclic) bond motifs is 1. The molecule has 5 nitrogen and oxygen atoms in total. The lowest BCUT2D eigenvalue weighted by Gasteiger charge is -2.12. The third kappa shape index (κ3) is 3.68.